The van der Waals surface area contributed by atoms with E-state index in [1.807, 2.05) is 12.3 Å². The van der Waals surface area contributed by atoms with Crippen molar-refractivity contribution in [3.05, 3.63) is 30.1 Å². The van der Waals surface area contributed by atoms with Crippen LogP contribution in [0.3, 0.4) is 0 Å². The number of carbonyl (C=O) groups is 1. The first kappa shape index (κ1) is 16.0. The number of likely N-dealkylation sites (tertiary alicyclic amines) is 1. The highest BCUT2D eigenvalue weighted by Crippen LogP contribution is 2.31. The van der Waals surface area contributed by atoms with E-state index < -0.39 is 0 Å². The molecule has 0 spiro atoms. The predicted molar refractivity (Wildman–Crippen MR) is 85.9 cm³/mol. The second kappa shape index (κ2) is 8.81. The van der Waals surface area contributed by atoms with E-state index in [1.54, 1.807) is 6.20 Å². The van der Waals surface area contributed by atoms with Crippen molar-refractivity contribution in [2.75, 3.05) is 6.54 Å². The highest BCUT2D eigenvalue weighted by molar-refractivity contribution is 5.76. The molecule has 0 radical (unpaired) electrons. The van der Waals surface area contributed by atoms with Crippen molar-refractivity contribution in [2.45, 2.75) is 70.8 Å². The Balaban J connectivity index is 1.88. The third-order valence-corrected chi connectivity index (χ3v) is 4.39. The molecule has 2 heterocycles. The highest BCUT2D eigenvalue weighted by atomic mass is 16.2. The van der Waals surface area contributed by atoms with Gasteiger partial charge in [0.15, 0.2) is 0 Å². The number of piperidine rings is 1. The molecule has 1 fully saturated rings. The Morgan fingerprint density at radius 3 is 2.90 bits per heavy atom. The number of hydrogen-bond donors (Lipinski definition) is 0. The van der Waals surface area contributed by atoms with Crippen molar-refractivity contribution in [3.63, 3.8) is 0 Å². The van der Waals surface area contributed by atoms with E-state index in [9.17, 15) is 4.79 Å². The van der Waals surface area contributed by atoms with Crippen molar-refractivity contribution < 1.29 is 4.79 Å². The standard InChI is InChI=1S/C18H28N2O/c1-2-3-4-5-6-12-18(21)20-14-8-7-11-17(20)16-10-9-13-19-15-16/h9-10,13,15,17H,2-8,11-12,14H2,1H3. The van der Waals surface area contributed by atoms with E-state index in [0.717, 1.165) is 25.8 Å². The average molecular weight is 288 g/mol. The van der Waals surface area contributed by atoms with Crippen LogP contribution in [0.5, 0.6) is 0 Å². The molecule has 1 atom stereocenters. The zero-order chi connectivity index (χ0) is 14.9. The molecule has 0 aromatic carbocycles. The molecular weight excluding hydrogens is 260 g/mol. The minimum absolute atomic E-state index is 0.246. The maximum atomic E-state index is 12.5. The second-order valence-corrected chi connectivity index (χ2v) is 6.05. The number of unbranched alkanes of at least 4 members (excludes halogenated alkanes) is 4. The van der Waals surface area contributed by atoms with Crippen LogP contribution in [-0.2, 0) is 4.79 Å². The summed E-state index contributed by atoms with van der Waals surface area (Å²) < 4.78 is 0. The fourth-order valence-corrected chi connectivity index (χ4v) is 3.17. The summed E-state index contributed by atoms with van der Waals surface area (Å²) in [5.41, 5.74) is 1.19. The van der Waals surface area contributed by atoms with Gasteiger partial charge in [-0.15, -0.1) is 0 Å². The number of hydrogen-bond acceptors (Lipinski definition) is 2. The van der Waals surface area contributed by atoms with Gasteiger partial charge in [0, 0.05) is 25.4 Å². The van der Waals surface area contributed by atoms with Gasteiger partial charge in [-0.1, -0.05) is 38.7 Å². The molecule has 1 aliphatic rings. The molecule has 1 unspecified atom stereocenters. The molecule has 0 aliphatic carbocycles. The van der Waals surface area contributed by atoms with Crippen LogP contribution in [-0.4, -0.2) is 22.3 Å². The van der Waals surface area contributed by atoms with E-state index in [-0.39, 0.29) is 6.04 Å². The minimum Gasteiger partial charge on any atom is -0.336 e. The highest BCUT2D eigenvalue weighted by Gasteiger charge is 2.27. The van der Waals surface area contributed by atoms with Crippen LogP contribution in [0.4, 0.5) is 0 Å². The summed E-state index contributed by atoms with van der Waals surface area (Å²) in [7, 11) is 0. The number of aromatic nitrogens is 1. The summed E-state index contributed by atoms with van der Waals surface area (Å²) in [5.74, 6) is 0.333. The zero-order valence-electron chi connectivity index (χ0n) is 13.3. The summed E-state index contributed by atoms with van der Waals surface area (Å²) >= 11 is 0. The molecule has 0 bridgehead atoms. The normalized spacial score (nSPS) is 18.7. The van der Waals surface area contributed by atoms with Crippen molar-refractivity contribution in [3.8, 4) is 0 Å². The second-order valence-electron chi connectivity index (χ2n) is 6.05. The zero-order valence-corrected chi connectivity index (χ0v) is 13.3. The molecule has 116 valence electrons. The number of carbonyl (C=O) groups excluding carboxylic acids is 1. The molecule has 1 aliphatic heterocycles. The van der Waals surface area contributed by atoms with Crippen LogP contribution < -0.4 is 0 Å². The molecule has 3 heteroatoms. The number of amides is 1. The largest absolute Gasteiger partial charge is 0.336 e. The quantitative estimate of drug-likeness (QED) is 0.692. The van der Waals surface area contributed by atoms with Crippen molar-refractivity contribution >= 4 is 5.91 Å². The summed E-state index contributed by atoms with van der Waals surface area (Å²) in [6, 6.07) is 4.32. The van der Waals surface area contributed by atoms with Gasteiger partial charge in [0.05, 0.1) is 6.04 Å². The van der Waals surface area contributed by atoms with Crippen molar-refractivity contribution in [1.82, 2.24) is 9.88 Å². The van der Waals surface area contributed by atoms with Crippen LogP contribution >= 0.6 is 0 Å². The van der Waals surface area contributed by atoms with Gasteiger partial charge in [-0.05, 0) is 37.3 Å². The molecule has 0 saturated carbocycles. The lowest BCUT2D eigenvalue weighted by molar-refractivity contribution is -0.135. The van der Waals surface area contributed by atoms with Gasteiger partial charge in [-0.25, -0.2) is 0 Å². The lowest BCUT2D eigenvalue weighted by Crippen LogP contribution is -2.38. The minimum atomic E-state index is 0.246. The number of rotatable bonds is 7. The van der Waals surface area contributed by atoms with Crippen LogP contribution in [0.25, 0.3) is 0 Å². The van der Waals surface area contributed by atoms with Gasteiger partial charge in [-0.2, -0.15) is 0 Å². The number of pyridine rings is 1. The molecule has 0 N–H and O–H groups in total. The van der Waals surface area contributed by atoms with Gasteiger partial charge in [0.1, 0.15) is 0 Å². The van der Waals surface area contributed by atoms with E-state index >= 15 is 0 Å². The maximum Gasteiger partial charge on any atom is 0.223 e. The molecule has 1 aromatic rings. The van der Waals surface area contributed by atoms with Crippen LogP contribution in [0.1, 0.15) is 76.3 Å². The maximum absolute atomic E-state index is 12.5. The van der Waals surface area contributed by atoms with Crippen molar-refractivity contribution in [1.29, 1.82) is 0 Å². The van der Waals surface area contributed by atoms with Gasteiger partial charge < -0.3 is 4.90 Å². The third-order valence-electron chi connectivity index (χ3n) is 4.39. The molecule has 1 aromatic heterocycles. The monoisotopic (exact) mass is 288 g/mol. The first-order valence-corrected chi connectivity index (χ1v) is 8.52. The van der Waals surface area contributed by atoms with Crippen LogP contribution in [0.2, 0.25) is 0 Å². The molecular formula is C18H28N2O. The molecule has 2 rings (SSSR count). The van der Waals surface area contributed by atoms with E-state index in [1.165, 1.54) is 37.7 Å². The Morgan fingerprint density at radius 1 is 1.29 bits per heavy atom. The first-order valence-electron chi connectivity index (χ1n) is 8.52. The number of nitrogens with zero attached hydrogens (tertiary/aromatic N) is 2. The Hall–Kier alpha value is -1.38. The fraction of sp³-hybridized carbons (Fsp3) is 0.667. The summed E-state index contributed by atoms with van der Waals surface area (Å²) in [4.78, 5) is 18.8. The lowest BCUT2D eigenvalue weighted by Gasteiger charge is -2.36. The molecule has 1 saturated heterocycles. The van der Waals surface area contributed by atoms with E-state index in [4.69, 9.17) is 0 Å². The third kappa shape index (κ3) is 4.83. The molecule has 1 amide bonds. The smallest absolute Gasteiger partial charge is 0.223 e. The Morgan fingerprint density at radius 2 is 2.14 bits per heavy atom. The van der Waals surface area contributed by atoms with Gasteiger partial charge >= 0.3 is 0 Å². The Labute approximate surface area is 128 Å². The summed E-state index contributed by atoms with van der Waals surface area (Å²) in [5, 5.41) is 0. The lowest BCUT2D eigenvalue weighted by atomic mass is 9.95. The molecule has 3 nitrogen and oxygen atoms in total. The van der Waals surface area contributed by atoms with Crippen molar-refractivity contribution in [2.24, 2.45) is 0 Å². The average Bonchev–Trinajstić information content (AvgIpc) is 2.55. The topological polar surface area (TPSA) is 33.2 Å². The fourth-order valence-electron chi connectivity index (χ4n) is 3.17. The SMILES string of the molecule is CCCCCCCC(=O)N1CCCCC1c1cccnc1. The predicted octanol–water partition coefficient (Wildman–Crippen LogP) is 4.50. The summed E-state index contributed by atoms with van der Waals surface area (Å²) in [6.07, 6.45) is 13.9. The van der Waals surface area contributed by atoms with Gasteiger partial charge in [0.25, 0.3) is 0 Å². The van der Waals surface area contributed by atoms with Gasteiger partial charge in [-0.3, -0.25) is 9.78 Å². The Bertz CT molecular complexity index is 418. The van der Waals surface area contributed by atoms with Crippen LogP contribution in [0.15, 0.2) is 24.5 Å². The summed E-state index contributed by atoms with van der Waals surface area (Å²) in [6.45, 7) is 3.13. The van der Waals surface area contributed by atoms with E-state index in [0.29, 0.717) is 12.3 Å². The van der Waals surface area contributed by atoms with Crippen LogP contribution in [0, 0.1) is 0 Å². The van der Waals surface area contributed by atoms with E-state index in [2.05, 4.69) is 22.9 Å². The molecule has 21 heavy (non-hydrogen) atoms. The Kier molecular flexibility index (Phi) is 6.71. The van der Waals surface area contributed by atoms with Gasteiger partial charge in [0.2, 0.25) is 5.91 Å². The first-order chi connectivity index (χ1) is 10.3.